The van der Waals surface area contributed by atoms with Crippen molar-refractivity contribution in [2.75, 3.05) is 6.79 Å². The largest absolute Gasteiger partial charge is 0.454 e. The summed E-state index contributed by atoms with van der Waals surface area (Å²) >= 11 is 6.13. The van der Waals surface area contributed by atoms with Crippen LogP contribution in [0.2, 0.25) is 5.02 Å². The first-order valence-electron chi connectivity index (χ1n) is 6.85. The molecule has 0 radical (unpaired) electrons. The van der Waals surface area contributed by atoms with Crippen molar-refractivity contribution in [2.45, 2.75) is 32.4 Å². The van der Waals surface area contributed by atoms with E-state index >= 15 is 0 Å². The molecule has 1 unspecified atom stereocenters. The molecule has 0 spiro atoms. The average Bonchev–Trinajstić information content (AvgIpc) is 3.07. The lowest BCUT2D eigenvalue weighted by molar-refractivity contribution is 0.171. The predicted octanol–water partition coefficient (Wildman–Crippen LogP) is 3.12. The van der Waals surface area contributed by atoms with E-state index in [2.05, 4.69) is 18.9 Å². The van der Waals surface area contributed by atoms with Crippen LogP contribution < -0.4 is 9.47 Å². The van der Waals surface area contributed by atoms with E-state index < -0.39 is 6.10 Å². The molecular weight excluding hydrogens is 292 g/mol. The van der Waals surface area contributed by atoms with E-state index in [-0.39, 0.29) is 6.79 Å². The molecule has 5 nitrogen and oxygen atoms in total. The van der Waals surface area contributed by atoms with Crippen LogP contribution in [0.25, 0.3) is 0 Å². The van der Waals surface area contributed by atoms with Crippen LogP contribution in [0, 0.1) is 0 Å². The summed E-state index contributed by atoms with van der Waals surface area (Å²) in [7, 11) is 0. The summed E-state index contributed by atoms with van der Waals surface area (Å²) in [5.74, 6) is 1.11. The second-order valence-electron chi connectivity index (χ2n) is 5.34. The highest BCUT2D eigenvalue weighted by molar-refractivity contribution is 6.32. The standard InChI is InChI=1S/C15H17ClN2O3/c1-9(2)18-4-3-11(17-18)7-13(19)10-5-12(16)15-14(6-10)20-8-21-15/h3-6,9,13,19H,7-8H2,1-2H3. The van der Waals surface area contributed by atoms with Gasteiger partial charge in [-0.25, -0.2) is 0 Å². The quantitative estimate of drug-likeness (QED) is 0.943. The van der Waals surface area contributed by atoms with Crippen molar-refractivity contribution in [3.8, 4) is 11.5 Å². The molecule has 1 N–H and O–H groups in total. The molecule has 0 saturated heterocycles. The van der Waals surface area contributed by atoms with E-state index in [1.54, 1.807) is 12.1 Å². The predicted molar refractivity (Wildman–Crippen MR) is 78.9 cm³/mol. The number of benzene rings is 1. The molecule has 112 valence electrons. The zero-order valence-electron chi connectivity index (χ0n) is 11.9. The number of rotatable bonds is 4. The van der Waals surface area contributed by atoms with E-state index in [1.165, 1.54) is 0 Å². The van der Waals surface area contributed by atoms with Crippen LogP contribution in [0.15, 0.2) is 24.4 Å². The molecule has 1 aliphatic rings. The molecule has 0 bridgehead atoms. The molecule has 2 aromatic rings. The number of ether oxygens (including phenoxy) is 2. The Morgan fingerprint density at radius 2 is 2.19 bits per heavy atom. The monoisotopic (exact) mass is 308 g/mol. The minimum atomic E-state index is -0.687. The number of hydrogen-bond donors (Lipinski definition) is 1. The first-order chi connectivity index (χ1) is 10.0. The van der Waals surface area contributed by atoms with Gasteiger partial charge in [0.15, 0.2) is 11.5 Å². The summed E-state index contributed by atoms with van der Waals surface area (Å²) in [6.07, 6.45) is 1.65. The van der Waals surface area contributed by atoms with Crippen LogP contribution in [0.5, 0.6) is 11.5 Å². The molecule has 1 aromatic carbocycles. The number of fused-ring (bicyclic) bond motifs is 1. The van der Waals surface area contributed by atoms with Crippen molar-refractivity contribution in [1.82, 2.24) is 9.78 Å². The Balaban J connectivity index is 1.78. The SMILES string of the molecule is CC(C)n1ccc(CC(O)c2cc(Cl)c3c(c2)OCO3)n1. The van der Waals surface area contributed by atoms with Gasteiger partial charge in [0.05, 0.1) is 16.8 Å². The molecule has 0 aliphatic carbocycles. The Morgan fingerprint density at radius 3 is 2.90 bits per heavy atom. The second-order valence-corrected chi connectivity index (χ2v) is 5.74. The van der Waals surface area contributed by atoms with Gasteiger partial charge in [-0.05, 0) is 37.6 Å². The first-order valence-corrected chi connectivity index (χ1v) is 7.23. The maximum atomic E-state index is 10.4. The van der Waals surface area contributed by atoms with Crippen molar-refractivity contribution in [3.05, 3.63) is 40.7 Å². The van der Waals surface area contributed by atoms with Crippen LogP contribution in [0.4, 0.5) is 0 Å². The molecule has 2 heterocycles. The van der Waals surface area contributed by atoms with Crippen LogP contribution in [-0.2, 0) is 6.42 Å². The van der Waals surface area contributed by atoms with Crippen LogP contribution >= 0.6 is 11.6 Å². The Bertz CT molecular complexity index is 654. The van der Waals surface area contributed by atoms with E-state index in [0.717, 1.165) is 5.69 Å². The minimum absolute atomic E-state index is 0.160. The van der Waals surface area contributed by atoms with Crippen molar-refractivity contribution < 1.29 is 14.6 Å². The van der Waals surface area contributed by atoms with Gasteiger partial charge in [0.25, 0.3) is 0 Å². The molecule has 0 fully saturated rings. The number of aliphatic hydroxyl groups excluding tert-OH is 1. The van der Waals surface area contributed by atoms with Gasteiger partial charge >= 0.3 is 0 Å². The Hall–Kier alpha value is -1.72. The van der Waals surface area contributed by atoms with Crippen LogP contribution in [0.3, 0.4) is 0 Å². The van der Waals surface area contributed by atoms with E-state index in [9.17, 15) is 5.11 Å². The third kappa shape index (κ3) is 2.84. The Labute approximate surface area is 128 Å². The van der Waals surface area contributed by atoms with Gasteiger partial charge in [0.1, 0.15) is 0 Å². The summed E-state index contributed by atoms with van der Waals surface area (Å²) in [4.78, 5) is 0. The summed E-state index contributed by atoms with van der Waals surface area (Å²) in [5.41, 5.74) is 1.54. The zero-order valence-corrected chi connectivity index (χ0v) is 12.7. The van der Waals surface area contributed by atoms with Crippen molar-refractivity contribution >= 4 is 11.6 Å². The summed E-state index contributed by atoms with van der Waals surface area (Å²) in [6, 6.07) is 5.69. The van der Waals surface area contributed by atoms with Gasteiger partial charge in [-0.1, -0.05) is 11.6 Å². The Morgan fingerprint density at radius 1 is 1.38 bits per heavy atom. The van der Waals surface area contributed by atoms with Gasteiger partial charge in [-0.3, -0.25) is 4.68 Å². The Kier molecular flexibility index (Phi) is 3.78. The molecule has 1 aliphatic heterocycles. The topological polar surface area (TPSA) is 56.5 Å². The smallest absolute Gasteiger partial charge is 0.231 e. The molecule has 6 heteroatoms. The minimum Gasteiger partial charge on any atom is -0.454 e. The average molecular weight is 309 g/mol. The fourth-order valence-electron chi connectivity index (χ4n) is 2.27. The molecule has 0 amide bonds. The van der Waals surface area contributed by atoms with Gasteiger partial charge in [-0.15, -0.1) is 0 Å². The third-order valence-corrected chi connectivity index (χ3v) is 3.71. The normalized spacial score (nSPS) is 14.7. The van der Waals surface area contributed by atoms with E-state index in [4.69, 9.17) is 21.1 Å². The first kappa shape index (κ1) is 14.2. The molecule has 3 rings (SSSR count). The van der Waals surface area contributed by atoms with Crippen LogP contribution in [-0.4, -0.2) is 21.7 Å². The molecule has 0 saturated carbocycles. The lowest BCUT2D eigenvalue weighted by atomic mass is 10.0. The van der Waals surface area contributed by atoms with Crippen LogP contribution in [0.1, 0.15) is 37.3 Å². The summed E-state index contributed by atoms with van der Waals surface area (Å²) < 4.78 is 12.4. The van der Waals surface area contributed by atoms with Gasteiger partial charge in [0, 0.05) is 18.7 Å². The second kappa shape index (κ2) is 5.58. The van der Waals surface area contributed by atoms with E-state index in [1.807, 2.05) is 16.9 Å². The number of hydrogen-bond acceptors (Lipinski definition) is 4. The van der Waals surface area contributed by atoms with Gasteiger partial charge in [-0.2, -0.15) is 5.10 Å². The number of nitrogens with zero attached hydrogens (tertiary/aromatic N) is 2. The maximum absolute atomic E-state index is 10.4. The highest BCUT2D eigenvalue weighted by Gasteiger charge is 2.21. The van der Waals surface area contributed by atoms with Crippen molar-refractivity contribution in [3.63, 3.8) is 0 Å². The van der Waals surface area contributed by atoms with Gasteiger partial charge in [0.2, 0.25) is 6.79 Å². The highest BCUT2D eigenvalue weighted by Crippen LogP contribution is 2.41. The molecule has 1 aromatic heterocycles. The van der Waals surface area contributed by atoms with Gasteiger partial charge < -0.3 is 14.6 Å². The number of aromatic nitrogens is 2. The fourth-order valence-corrected chi connectivity index (χ4v) is 2.54. The number of halogens is 1. The number of aliphatic hydroxyl groups is 1. The maximum Gasteiger partial charge on any atom is 0.231 e. The third-order valence-electron chi connectivity index (χ3n) is 3.43. The highest BCUT2D eigenvalue weighted by atomic mass is 35.5. The van der Waals surface area contributed by atoms with Crippen molar-refractivity contribution in [2.24, 2.45) is 0 Å². The van der Waals surface area contributed by atoms with Crippen molar-refractivity contribution in [1.29, 1.82) is 0 Å². The summed E-state index contributed by atoms with van der Waals surface area (Å²) in [6.45, 7) is 4.28. The molecular formula is C15H17ClN2O3. The molecule has 1 atom stereocenters. The lowest BCUT2D eigenvalue weighted by Crippen LogP contribution is -2.05. The lowest BCUT2D eigenvalue weighted by Gasteiger charge is -2.11. The zero-order chi connectivity index (χ0) is 15.0. The molecule has 21 heavy (non-hydrogen) atoms. The fraction of sp³-hybridized carbons (Fsp3) is 0.400. The van der Waals surface area contributed by atoms with E-state index in [0.29, 0.717) is 34.5 Å². The summed E-state index contributed by atoms with van der Waals surface area (Å²) in [5, 5.41) is 15.3.